The van der Waals surface area contributed by atoms with Crippen LogP contribution in [0.3, 0.4) is 0 Å². The highest BCUT2D eigenvalue weighted by Gasteiger charge is 2.37. The number of halogens is 3. The summed E-state index contributed by atoms with van der Waals surface area (Å²) < 4.78 is 62.5. The normalized spacial score (nSPS) is 12.7. The Morgan fingerprint density at radius 3 is 2.43 bits per heavy atom. The number of anilines is 1. The Labute approximate surface area is 121 Å². The third-order valence-electron chi connectivity index (χ3n) is 2.58. The van der Waals surface area contributed by atoms with Crippen LogP contribution in [-0.2, 0) is 10.0 Å². The Balaban J connectivity index is 3.23. The number of rotatable bonds is 7. The molecule has 0 heterocycles. The predicted molar refractivity (Wildman–Crippen MR) is 72.5 cm³/mol. The highest BCUT2D eigenvalue weighted by Crippen LogP contribution is 2.27. The maximum Gasteiger partial charge on any atom is 0.402 e. The number of benzene rings is 1. The number of aliphatic hydroxyl groups excluding tert-OH is 1. The second kappa shape index (κ2) is 7.10. The number of hydrogen-bond acceptors (Lipinski definition) is 4. The molecule has 0 fully saturated rings. The molecule has 0 aromatic heterocycles. The van der Waals surface area contributed by atoms with Gasteiger partial charge in [-0.05, 0) is 19.1 Å². The maximum absolute atomic E-state index is 12.5. The largest absolute Gasteiger partial charge is 0.402 e. The third kappa shape index (κ3) is 4.87. The summed E-state index contributed by atoms with van der Waals surface area (Å²) in [5.74, 6) is 0. The van der Waals surface area contributed by atoms with E-state index in [0.717, 1.165) is 0 Å². The van der Waals surface area contributed by atoms with E-state index in [1.54, 1.807) is 13.0 Å². The van der Waals surface area contributed by atoms with E-state index in [4.69, 9.17) is 5.11 Å². The van der Waals surface area contributed by atoms with Crippen LogP contribution in [0.4, 0.5) is 18.9 Å². The molecule has 0 spiro atoms. The number of nitrogens with zero attached hydrogens (tertiary/aromatic N) is 1. The van der Waals surface area contributed by atoms with Crippen molar-refractivity contribution in [3.8, 4) is 0 Å². The first-order valence-electron chi connectivity index (χ1n) is 6.23. The fourth-order valence-electron chi connectivity index (χ4n) is 1.76. The summed E-state index contributed by atoms with van der Waals surface area (Å²) in [4.78, 5) is -0.246. The molecule has 9 heteroatoms. The van der Waals surface area contributed by atoms with Crippen LogP contribution in [0.1, 0.15) is 6.92 Å². The first kappa shape index (κ1) is 17.7. The first-order valence-corrected chi connectivity index (χ1v) is 7.67. The molecule has 5 nitrogen and oxygen atoms in total. The number of para-hydroxylation sites is 1. The van der Waals surface area contributed by atoms with Crippen molar-refractivity contribution in [1.82, 2.24) is 4.31 Å². The molecule has 0 bridgehead atoms. The van der Waals surface area contributed by atoms with Crippen LogP contribution in [-0.4, -0.2) is 50.2 Å². The van der Waals surface area contributed by atoms with Crippen LogP contribution in [0.15, 0.2) is 29.2 Å². The van der Waals surface area contributed by atoms with Crippen LogP contribution < -0.4 is 5.32 Å². The van der Waals surface area contributed by atoms with Gasteiger partial charge in [0.15, 0.2) is 0 Å². The summed E-state index contributed by atoms with van der Waals surface area (Å²) in [7, 11) is -4.36. The van der Waals surface area contributed by atoms with Crippen molar-refractivity contribution in [3.63, 3.8) is 0 Å². The third-order valence-corrected chi connectivity index (χ3v) is 4.48. The van der Waals surface area contributed by atoms with Crippen LogP contribution >= 0.6 is 0 Å². The molecule has 21 heavy (non-hydrogen) atoms. The Kier molecular flexibility index (Phi) is 5.99. The zero-order valence-electron chi connectivity index (χ0n) is 11.4. The zero-order chi connectivity index (χ0) is 16.1. The number of sulfonamides is 1. The van der Waals surface area contributed by atoms with Gasteiger partial charge in [0.2, 0.25) is 10.0 Å². The summed E-state index contributed by atoms with van der Waals surface area (Å²) in [6, 6.07) is 5.71. The van der Waals surface area contributed by atoms with Crippen molar-refractivity contribution in [3.05, 3.63) is 24.3 Å². The van der Waals surface area contributed by atoms with Crippen LogP contribution in [0.5, 0.6) is 0 Å². The van der Waals surface area contributed by atoms with Crippen molar-refractivity contribution in [2.45, 2.75) is 18.0 Å². The SMILES string of the molecule is CCNc1ccccc1S(=O)(=O)N(CCO)CC(F)(F)F. The standard InChI is InChI=1S/C12H17F3N2O3S/c1-2-16-10-5-3-4-6-11(10)21(19,20)17(7-8-18)9-12(13,14)15/h3-6,16,18H,2,7-9H2,1H3. The molecule has 0 amide bonds. The Hall–Kier alpha value is -1.32. The van der Waals surface area contributed by atoms with Gasteiger partial charge in [0.25, 0.3) is 0 Å². The van der Waals surface area contributed by atoms with E-state index in [9.17, 15) is 21.6 Å². The van der Waals surface area contributed by atoms with Gasteiger partial charge >= 0.3 is 6.18 Å². The molecule has 0 radical (unpaired) electrons. The Morgan fingerprint density at radius 1 is 1.29 bits per heavy atom. The molecule has 0 unspecified atom stereocenters. The number of hydrogen-bond donors (Lipinski definition) is 2. The van der Waals surface area contributed by atoms with Crippen molar-refractivity contribution >= 4 is 15.7 Å². The number of alkyl halides is 3. The molecule has 1 rings (SSSR count). The second-order valence-corrected chi connectivity index (χ2v) is 6.11. The van der Waals surface area contributed by atoms with E-state index < -0.39 is 35.9 Å². The van der Waals surface area contributed by atoms with Crippen LogP contribution in [0, 0.1) is 0 Å². The molecule has 1 aromatic rings. The fraction of sp³-hybridized carbons (Fsp3) is 0.500. The van der Waals surface area contributed by atoms with Gasteiger partial charge in [-0.1, -0.05) is 12.1 Å². The lowest BCUT2D eigenvalue weighted by atomic mass is 10.3. The van der Waals surface area contributed by atoms with Crippen molar-refractivity contribution in [2.24, 2.45) is 0 Å². The second-order valence-electron chi connectivity index (χ2n) is 4.20. The summed E-state index contributed by atoms with van der Waals surface area (Å²) in [6.07, 6.45) is -4.69. The van der Waals surface area contributed by atoms with E-state index in [1.165, 1.54) is 18.2 Å². The first-order chi connectivity index (χ1) is 9.72. The van der Waals surface area contributed by atoms with Gasteiger partial charge < -0.3 is 10.4 Å². The maximum atomic E-state index is 12.5. The molecule has 0 aliphatic carbocycles. The van der Waals surface area contributed by atoms with Crippen LogP contribution in [0.25, 0.3) is 0 Å². The van der Waals surface area contributed by atoms with Crippen molar-refractivity contribution in [1.29, 1.82) is 0 Å². The van der Waals surface area contributed by atoms with Crippen LogP contribution in [0.2, 0.25) is 0 Å². The van der Waals surface area contributed by atoms with E-state index in [-0.39, 0.29) is 14.9 Å². The number of nitrogens with one attached hydrogen (secondary N) is 1. The lowest BCUT2D eigenvalue weighted by molar-refractivity contribution is -0.136. The molecule has 120 valence electrons. The average Bonchev–Trinajstić information content (AvgIpc) is 2.37. The molecule has 2 N–H and O–H groups in total. The molecule has 0 saturated heterocycles. The predicted octanol–water partition coefficient (Wildman–Crippen LogP) is 1.66. The lowest BCUT2D eigenvalue weighted by Gasteiger charge is -2.23. The quantitative estimate of drug-likeness (QED) is 0.800. The van der Waals surface area contributed by atoms with Gasteiger partial charge in [-0.15, -0.1) is 0 Å². The molecule has 0 saturated carbocycles. The topological polar surface area (TPSA) is 69.6 Å². The molecular weight excluding hydrogens is 309 g/mol. The monoisotopic (exact) mass is 326 g/mol. The van der Waals surface area contributed by atoms with Gasteiger partial charge in [-0.3, -0.25) is 0 Å². The van der Waals surface area contributed by atoms with Gasteiger partial charge in [0.05, 0.1) is 12.3 Å². The summed E-state index contributed by atoms with van der Waals surface area (Å²) in [6.45, 7) is -0.798. The lowest BCUT2D eigenvalue weighted by Crippen LogP contribution is -2.40. The molecule has 0 atom stereocenters. The van der Waals surface area contributed by atoms with Gasteiger partial charge in [-0.25, -0.2) is 8.42 Å². The smallest absolute Gasteiger partial charge is 0.395 e. The minimum atomic E-state index is -4.69. The van der Waals surface area contributed by atoms with Crippen molar-refractivity contribution < 1.29 is 26.7 Å². The summed E-state index contributed by atoms with van der Waals surface area (Å²) in [5, 5.41) is 11.6. The molecular formula is C12H17F3N2O3S. The summed E-state index contributed by atoms with van der Waals surface area (Å²) in [5.41, 5.74) is 0.227. The van der Waals surface area contributed by atoms with E-state index in [0.29, 0.717) is 6.54 Å². The fourth-order valence-corrected chi connectivity index (χ4v) is 3.35. The molecule has 0 aliphatic rings. The van der Waals surface area contributed by atoms with Crippen molar-refractivity contribution in [2.75, 3.05) is 31.6 Å². The highest BCUT2D eigenvalue weighted by molar-refractivity contribution is 7.89. The zero-order valence-corrected chi connectivity index (χ0v) is 12.2. The van der Waals surface area contributed by atoms with E-state index >= 15 is 0 Å². The van der Waals surface area contributed by atoms with Gasteiger partial charge in [0, 0.05) is 13.1 Å². The molecule has 0 aliphatic heterocycles. The highest BCUT2D eigenvalue weighted by atomic mass is 32.2. The summed E-state index contributed by atoms with van der Waals surface area (Å²) >= 11 is 0. The average molecular weight is 326 g/mol. The minimum Gasteiger partial charge on any atom is -0.395 e. The van der Waals surface area contributed by atoms with Gasteiger partial charge in [0.1, 0.15) is 11.4 Å². The van der Waals surface area contributed by atoms with Gasteiger partial charge in [-0.2, -0.15) is 17.5 Å². The van der Waals surface area contributed by atoms with E-state index in [1.807, 2.05) is 0 Å². The Morgan fingerprint density at radius 2 is 1.90 bits per heavy atom. The number of aliphatic hydroxyl groups is 1. The Bertz CT molecular complexity index is 561. The minimum absolute atomic E-state index is 0.225. The van der Waals surface area contributed by atoms with E-state index in [2.05, 4.69) is 5.32 Å². The molecule has 1 aromatic carbocycles.